The fourth-order valence-corrected chi connectivity index (χ4v) is 2.33. The number of hydrogen-bond donors (Lipinski definition) is 2. The third-order valence-electron chi connectivity index (χ3n) is 3.36. The summed E-state index contributed by atoms with van der Waals surface area (Å²) in [4.78, 5) is 16.6. The number of benzene rings is 2. The summed E-state index contributed by atoms with van der Waals surface area (Å²) in [6, 6.07) is 13.0. The van der Waals surface area contributed by atoms with Crippen molar-refractivity contribution in [2.75, 3.05) is 10.6 Å². The van der Waals surface area contributed by atoms with Crippen LogP contribution in [0.3, 0.4) is 0 Å². The van der Waals surface area contributed by atoms with E-state index in [-0.39, 0.29) is 22.1 Å². The second-order valence-electron chi connectivity index (χ2n) is 5.09. The number of halogens is 3. The van der Waals surface area contributed by atoms with Crippen LogP contribution in [0.5, 0.6) is 0 Å². The van der Waals surface area contributed by atoms with E-state index in [2.05, 4.69) is 15.6 Å². The lowest BCUT2D eigenvalue weighted by atomic mass is 10.2. The molecule has 2 N–H and O–H groups in total. The Morgan fingerprint density at radius 3 is 2.56 bits per heavy atom. The molecule has 2 aromatic carbocycles. The van der Waals surface area contributed by atoms with Gasteiger partial charge in [0.05, 0.1) is 16.3 Å². The topological polar surface area (TPSA) is 54.0 Å². The van der Waals surface area contributed by atoms with Gasteiger partial charge in [0.1, 0.15) is 17.5 Å². The Kier molecular flexibility index (Phi) is 4.90. The first-order chi connectivity index (χ1) is 12.0. The quantitative estimate of drug-likeness (QED) is 0.688. The molecule has 1 aromatic heterocycles. The van der Waals surface area contributed by atoms with Crippen molar-refractivity contribution < 1.29 is 13.6 Å². The lowest BCUT2D eigenvalue weighted by Crippen LogP contribution is -2.15. The van der Waals surface area contributed by atoms with Crippen molar-refractivity contribution in [1.82, 2.24) is 4.98 Å². The highest BCUT2D eigenvalue weighted by Gasteiger charge is 2.14. The van der Waals surface area contributed by atoms with Gasteiger partial charge in [0, 0.05) is 11.9 Å². The van der Waals surface area contributed by atoms with Crippen molar-refractivity contribution in [1.29, 1.82) is 0 Å². The Bertz CT molecular complexity index is 934. The van der Waals surface area contributed by atoms with E-state index in [0.717, 1.165) is 6.07 Å². The number of aromatic nitrogens is 1. The SMILES string of the molecule is O=C(Nc1ccc(F)c(Cl)c1)c1cccnc1Nc1ccccc1F. The maximum absolute atomic E-state index is 13.8. The smallest absolute Gasteiger partial charge is 0.259 e. The molecule has 1 heterocycles. The number of pyridine rings is 1. The van der Waals surface area contributed by atoms with Gasteiger partial charge < -0.3 is 10.6 Å². The predicted octanol–water partition coefficient (Wildman–Crippen LogP) is 5.01. The molecule has 0 unspecified atom stereocenters. The van der Waals surface area contributed by atoms with Crippen LogP contribution in [0.25, 0.3) is 0 Å². The number of nitrogens with zero attached hydrogens (tertiary/aromatic N) is 1. The highest BCUT2D eigenvalue weighted by Crippen LogP contribution is 2.23. The highest BCUT2D eigenvalue weighted by molar-refractivity contribution is 6.31. The molecule has 0 aliphatic heterocycles. The first-order valence-corrected chi connectivity index (χ1v) is 7.65. The largest absolute Gasteiger partial charge is 0.337 e. The first kappa shape index (κ1) is 16.9. The summed E-state index contributed by atoms with van der Waals surface area (Å²) in [7, 11) is 0. The summed E-state index contributed by atoms with van der Waals surface area (Å²) in [5.41, 5.74) is 0.725. The lowest BCUT2D eigenvalue weighted by molar-refractivity contribution is 0.102. The molecule has 0 saturated heterocycles. The van der Waals surface area contributed by atoms with Gasteiger partial charge in [-0.05, 0) is 42.5 Å². The third kappa shape index (κ3) is 3.92. The lowest BCUT2D eigenvalue weighted by Gasteiger charge is -2.12. The molecule has 126 valence electrons. The molecular weight excluding hydrogens is 348 g/mol. The Morgan fingerprint density at radius 1 is 1.00 bits per heavy atom. The number of para-hydroxylation sites is 1. The number of anilines is 3. The van der Waals surface area contributed by atoms with E-state index in [1.807, 2.05) is 0 Å². The average molecular weight is 360 g/mol. The second-order valence-corrected chi connectivity index (χ2v) is 5.49. The summed E-state index contributed by atoms with van der Waals surface area (Å²) >= 11 is 5.71. The number of amides is 1. The minimum absolute atomic E-state index is 0.103. The van der Waals surface area contributed by atoms with Gasteiger partial charge >= 0.3 is 0 Å². The van der Waals surface area contributed by atoms with E-state index in [0.29, 0.717) is 5.69 Å². The molecule has 0 aliphatic rings. The molecule has 0 bridgehead atoms. The van der Waals surface area contributed by atoms with Crippen LogP contribution >= 0.6 is 11.6 Å². The Hall–Kier alpha value is -2.99. The summed E-state index contributed by atoms with van der Waals surface area (Å²) in [6.45, 7) is 0. The molecule has 3 aromatic rings. The number of carbonyl (C=O) groups is 1. The molecule has 0 fully saturated rings. The molecule has 0 atom stereocenters. The normalized spacial score (nSPS) is 10.4. The number of carbonyl (C=O) groups excluding carboxylic acids is 1. The van der Waals surface area contributed by atoms with Crippen LogP contribution in [0.1, 0.15) is 10.4 Å². The highest BCUT2D eigenvalue weighted by atomic mass is 35.5. The van der Waals surface area contributed by atoms with Gasteiger partial charge in [0.15, 0.2) is 0 Å². The van der Waals surface area contributed by atoms with Gasteiger partial charge in [0.25, 0.3) is 5.91 Å². The summed E-state index contributed by atoms with van der Waals surface area (Å²) in [6.07, 6.45) is 1.48. The maximum Gasteiger partial charge on any atom is 0.259 e. The number of rotatable bonds is 4. The van der Waals surface area contributed by atoms with Crippen molar-refractivity contribution >= 4 is 34.7 Å². The summed E-state index contributed by atoms with van der Waals surface area (Å²) in [5.74, 6) is -1.35. The zero-order valence-electron chi connectivity index (χ0n) is 12.8. The minimum Gasteiger partial charge on any atom is -0.337 e. The van der Waals surface area contributed by atoms with Crippen LogP contribution in [0.2, 0.25) is 5.02 Å². The second kappa shape index (κ2) is 7.27. The molecule has 0 spiro atoms. The predicted molar refractivity (Wildman–Crippen MR) is 93.3 cm³/mol. The van der Waals surface area contributed by atoms with Crippen LogP contribution in [-0.2, 0) is 0 Å². The van der Waals surface area contributed by atoms with Crippen molar-refractivity contribution in [2.24, 2.45) is 0 Å². The van der Waals surface area contributed by atoms with Crippen molar-refractivity contribution in [2.45, 2.75) is 0 Å². The molecule has 7 heteroatoms. The standard InChI is InChI=1S/C18H12ClF2N3O/c19-13-10-11(7-8-14(13)20)23-18(25)12-4-3-9-22-17(12)24-16-6-2-1-5-15(16)21/h1-10H,(H,22,24)(H,23,25). The fourth-order valence-electron chi connectivity index (χ4n) is 2.15. The maximum atomic E-state index is 13.8. The van der Waals surface area contributed by atoms with Gasteiger partial charge in [-0.3, -0.25) is 4.79 Å². The average Bonchev–Trinajstić information content (AvgIpc) is 2.60. The molecule has 4 nitrogen and oxygen atoms in total. The van der Waals surface area contributed by atoms with Crippen LogP contribution < -0.4 is 10.6 Å². The van der Waals surface area contributed by atoms with Gasteiger partial charge in [-0.2, -0.15) is 0 Å². The van der Waals surface area contributed by atoms with Crippen LogP contribution in [0.4, 0.5) is 26.0 Å². The third-order valence-corrected chi connectivity index (χ3v) is 3.65. The van der Waals surface area contributed by atoms with Crippen LogP contribution in [0.15, 0.2) is 60.8 Å². The minimum atomic E-state index is -0.581. The van der Waals surface area contributed by atoms with Crippen molar-refractivity contribution in [3.05, 3.63) is 83.0 Å². The Morgan fingerprint density at radius 2 is 1.80 bits per heavy atom. The molecular formula is C18H12ClF2N3O. The van der Waals surface area contributed by atoms with Gasteiger partial charge in [-0.1, -0.05) is 23.7 Å². The van der Waals surface area contributed by atoms with E-state index >= 15 is 0 Å². The van der Waals surface area contributed by atoms with Crippen molar-refractivity contribution in [3.63, 3.8) is 0 Å². The Labute approximate surface area is 147 Å². The molecule has 0 saturated carbocycles. The first-order valence-electron chi connectivity index (χ1n) is 7.27. The Balaban J connectivity index is 1.86. The zero-order chi connectivity index (χ0) is 17.8. The molecule has 25 heavy (non-hydrogen) atoms. The zero-order valence-corrected chi connectivity index (χ0v) is 13.5. The number of nitrogens with one attached hydrogen (secondary N) is 2. The molecule has 3 rings (SSSR count). The van der Waals surface area contributed by atoms with Gasteiger partial charge in [-0.25, -0.2) is 13.8 Å². The van der Waals surface area contributed by atoms with Gasteiger partial charge in [-0.15, -0.1) is 0 Å². The summed E-state index contributed by atoms with van der Waals surface area (Å²) < 4.78 is 27.0. The summed E-state index contributed by atoms with van der Waals surface area (Å²) in [5, 5.41) is 5.30. The van der Waals surface area contributed by atoms with E-state index in [1.165, 1.54) is 36.5 Å². The molecule has 0 aliphatic carbocycles. The van der Waals surface area contributed by atoms with Crippen LogP contribution in [0, 0.1) is 11.6 Å². The van der Waals surface area contributed by atoms with E-state index in [1.54, 1.807) is 18.2 Å². The fraction of sp³-hybridized carbons (Fsp3) is 0. The van der Waals surface area contributed by atoms with E-state index in [9.17, 15) is 13.6 Å². The molecule has 1 amide bonds. The van der Waals surface area contributed by atoms with E-state index < -0.39 is 17.5 Å². The van der Waals surface area contributed by atoms with Crippen molar-refractivity contribution in [3.8, 4) is 0 Å². The monoisotopic (exact) mass is 359 g/mol. The number of hydrogen-bond acceptors (Lipinski definition) is 3. The van der Waals surface area contributed by atoms with E-state index in [4.69, 9.17) is 11.6 Å². The van der Waals surface area contributed by atoms with Gasteiger partial charge in [0.2, 0.25) is 0 Å². The van der Waals surface area contributed by atoms with Crippen LogP contribution in [-0.4, -0.2) is 10.9 Å². The molecule has 0 radical (unpaired) electrons.